The summed E-state index contributed by atoms with van der Waals surface area (Å²) in [6.07, 6.45) is 6.76. The molecule has 2 aliphatic rings. The van der Waals surface area contributed by atoms with Crippen LogP contribution in [0, 0.1) is 23.7 Å². The number of halogens is 2. The fourth-order valence-corrected chi connectivity index (χ4v) is 4.69. The van der Waals surface area contributed by atoms with Gasteiger partial charge in [-0.15, -0.1) is 0 Å². The first-order valence-corrected chi connectivity index (χ1v) is 18.0. The molecule has 30 heavy (non-hydrogen) atoms. The molecule has 6 heteroatoms. The average Bonchev–Trinajstić information content (AvgIpc) is 3.31. The van der Waals surface area contributed by atoms with Crippen LogP contribution in [-0.4, -0.2) is 35.7 Å². The van der Waals surface area contributed by atoms with Crippen molar-refractivity contribution in [2.75, 3.05) is 0 Å². The maximum atomic E-state index is 11.9. The summed E-state index contributed by atoms with van der Waals surface area (Å²) in [5.41, 5.74) is 0. The highest BCUT2D eigenvalue weighted by molar-refractivity contribution is 15.0. The fraction of sp³-hybridized carbons (Fsp3) is 0.917. The third-order valence-electron chi connectivity index (χ3n) is 5.97. The molecule has 0 aromatic carbocycles. The van der Waals surface area contributed by atoms with E-state index >= 15 is 0 Å². The Labute approximate surface area is 209 Å². The lowest BCUT2D eigenvalue weighted by Gasteiger charge is -2.23. The smallest absolute Gasteiger partial charge is 0.140 e. The van der Waals surface area contributed by atoms with Crippen LogP contribution in [0.1, 0.15) is 93.9 Å². The molecular weight excluding hydrogens is 602 g/mol. The van der Waals surface area contributed by atoms with Crippen LogP contribution >= 0.6 is 37.2 Å². The first kappa shape index (κ1) is 30.7. The van der Waals surface area contributed by atoms with Gasteiger partial charge in [0.15, 0.2) is 0 Å². The Morgan fingerprint density at radius 1 is 0.733 bits per heavy atom. The Hall–Kier alpha value is 0.720. The van der Waals surface area contributed by atoms with Gasteiger partial charge in [0.25, 0.3) is 0 Å². The lowest BCUT2D eigenvalue weighted by atomic mass is 9.91. The number of rotatable bonds is 8. The van der Waals surface area contributed by atoms with Gasteiger partial charge in [-0.3, -0.25) is 9.59 Å². The van der Waals surface area contributed by atoms with Crippen molar-refractivity contribution in [1.82, 2.24) is 10.6 Å². The van der Waals surface area contributed by atoms with Crippen molar-refractivity contribution >= 4 is 48.8 Å². The molecule has 4 unspecified atom stereocenters. The highest BCUT2D eigenvalue weighted by Gasteiger charge is 2.34. The number of hydrogen-bond donors (Lipinski definition) is 2. The lowest BCUT2D eigenvalue weighted by Crippen LogP contribution is -2.41. The second kappa shape index (κ2) is 16.4. The molecule has 4 atom stereocenters. The van der Waals surface area contributed by atoms with Crippen molar-refractivity contribution in [2.45, 2.75) is 118 Å². The molecule has 2 saturated carbocycles. The Bertz CT molecular complexity index is 496. The third-order valence-corrected chi connectivity index (χ3v) is 5.97. The topological polar surface area (TPSA) is 58.2 Å². The third kappa shape index (κ3) is 11.5. The molecule has 2 aliphatic carbocycles. The molecule has 178 valence electrons. The summed E-state index contributed by atoms with van der Waals surface area (Å²) in [7, 11) is 0. The van der Waals surface area contributed by atoms with Crippen molar-refractivity contribution < 1.29 is 9.59 Å². The second-order valence-electron chi connectivity index (χ2n) is 10.1. The normalized spacial score (nSPS) is 25.9. The van der Waals surface area contributed by atoms with Crippen LogP contribution in [0.15, 0.2) is 0 Å². The second-order valence-corrected chi connectivity index (χ2v) is 10.1. The zero-order valence-corrected chi connectivity index (χ0v) is 24.7. The minimum absolute atomic E-state index is 0.189. The summed E-state index contributed by atoms with van der Waals surface area (Å²) >= 11 is 4.24. The standard InChI is InChI=1S/2C12H23NO.I2/c1-8(2)12(14)10-5-6-11(7-10)13-9(3)4;1-8(2)12(14)10-6-5-7-11(10)13-9(3)4;1-2/h2*8-11,13H,5-7H2,1-4H3;. The van der Waals surface area contributed by atoms with E-state index in [0.717, 1.165) is 19.3 Å². The number of nitrogens with one attached hydrogen (secondary N) is 2. The average molecular weight is 648 g/mol. The van der Waals surface area contributed by atoms with Crippen LogP contribution in [-0.2, 0) is 9.59 Å². The van der Waals surface area contributed by atoms with Crippen LogP contribution in [0.5, 0.6) is 0 Å². The Morgan fingerprint density at radius 3 is 1.73 bits per heavy atom. The fourth-order valence-electron chi connectivity index (χ4n) is 4.69. The van der Waals surface area contributed by atoms with Crippen LogP contribution in [0.4, 0.5) is 0 Å². The van der Waals surface area contributed by atoms with E-state index in [9.17, 15) is 9.59 Å². The monoisotopic (exact) mass is 648 g/mol. The minimum Gasteiger partial charge on any atom is -0.312 e. The van der Waals surface area contributed by atoms with Crippen molar-refractivity contribution in [1.29, 1.82) is 0 Å². The van der Waals surface area contributed by atoms with Crippen molar-refractivity contribution in [3.05, 3.63) is 0 Å². The highest BCUT2D eigenvalue weighted by Crippen LogP contribution is 2.29. The van der Waals surface area contributed by atoms with E-state index < -0.39 is 0 Å². The number of Topliss-reactive ketones (excluding diaryl/α,β-unsaturated/α-hetero) is 2. The largest absolute Gasteiger partial charge is 0.312 e. The van der Waals surface area contributed by atoms with Crippen LogP contribution in [0.3, 0.4) is 0 Å². The van der Waals surface area contributed by atoms with E-state index in [-0.39, 0.29) is 17.8 Å². The first-order valence-electron chi connectivity index (χ1n) is 11.8. The Kier molecular flexibility index (Phi) is 16.7. The molecule has 2 N–H and O–H groups in total. The van der Waals surface area contributed by atoms with Crippen LogP contribution in [0.25, 0.3) is 0 Å². The number of carbonyl (C=O) groups excluding carboxylic acids is 2. The molecule has 2 fully saturated rings. The summed E-state index contributed by atoms with van der Waals surface area (Å²) in [4.78, 5) is 23.6. The van der Waals surface area contributed by atoms with Crippen LogP contribution < -0.4 is 10.6 Å². The van der Waals surface area contributed by atoms with Gasteiger partial charge in [0.2, 0.25) is 0 Å². The van der Waals surface area contributed by atoms with Crippen molar-refractivity contribution in [2.24, 2.45) is 23.7 Å². The van der Waals surface area contributed by atoms with Gasteiger partial charge >= 0.3 is 0 Å². The van der Waals surface area contributed by atoms with E-state index in [1.165, 1.54) is 19.3 Å². The number of hydrogen-bond acceptors (Lipinski definition) is 4. The predicted octanol–water partition coefficient (Wildman–Crippen LogP) is 6.53. The zero-order valence-electron chi connectivity index (χ0n) is 20.4. The first-order chi connectivity index (χ1) is 14.0. The highest BCUT2D eigenvalue weighted by atomic mass is 128. The van der Waals surface area contributed by atoms with E-state index in [4.69, 9.17) is 0 Å². The van der Waals surface area contributed by atoms with E-state index in [1.807, 2.05) is 27.7 Å². The molecule has 0 heterocycles. The van der Waals surface area contributed by atoms with Gasteiger partial charge in [-0.25, -0.2) is 0 Å². The Balaban J connectivity index is 0.000000518. The molecule has 0 bridgehead atoms. The van der Waals surface area contributed by atoms with Gasteiger partial charge < -0.3 is 10.6 Å². The van der Waals surface area contributed by atoms with Crippen molar-refractivity contribution in [3.8, 4) is 0 Å². The number of carbonyl (C=O) groups is 2. The molecular formula is C24H46I2N2O2. The molecule has 4 nitrogen and oxygen atoms in total. The molecule has 2 rings (SSSR count). The molecule has 0 amide bonds. The quantitative estimate of drug-likeness (QED) is 0.294. The summed E-state index contributed by atoms with van der Waals surface area (Å²) in [6.45, 7) is 16.6. The molecule has 0 radical (unpaired) electrons. The van der Waals surface area contributed by atoms with Crippen LogP contribution in [0.2, 0.25) is 0 Å². The zero-order chi connectivity index (χ0) is 23.4. The van der Waals surface area contributed by atoms with E-state index in [2.05, 4.69) is 75.6 Å². The molecule has 0 aliphatic heterocycles. The maximum absolute atomic E-state index is 11.9. The molecule has 0 spiro atoms. The predicted molar refractivity (Wildman–Crippen MR) is 147 cm³/mol. The molecule has 0 aromatic rings. The molecule has 0 aromatic heterocycles. The summed E-state index contributed by atoms with van der Waals surface area (Å²) in [5.74, 6) is 1.90. The van der Waals surface area contributed by atoms with Gasteiger partial charge in [0.05, 0.1) is 0 Å². The number of ketones is 2. The minimum atomic E-state index is 0.189. The van der Waals surface area contributed by atoms with Gasteiger partial charge in [0.1, 0.15) is 11.6 Å². The van der Waals surface area contributed by atoms with Gasteiger partial charge in [0, 0.05) is 85.1 Å². The maximum Gasteiger partial charge on any atom is 0.140 e. The lowest BCUT2D eigenvalue weighted by molar-refractivity contribution is -0.126. The van der Waals surface area contributed by atoms with E-state index in [1.54, 1.807) is 0 Å². The summed E-state index contributed by atoms with van der Waals surface area (Å²) < 4.78 is 0. The molecule has 0 saturated heterocycles. The van der Waals surface area contributed by atoms with E-state index in [0.29, 0.717) is 41.7 Å². The van der Waals surface area contributed by atoms with Gasteiger partial charge in [-0.2, -0.15) is 0 Å². The summed E-state index contributed by atoms with van der Waals surface area (Å²) in [5, 5.41) is 7.02. The van der Waals surface area contributed by atoms with Gasteiger partial charge in [-0.1, -0.05) is 61.8 Å². The van der Waals surface area contributed by atoms with Crippen molar-refractivity contribution in [3.63, 3.8) is 0 Å². The SMILES string of the molecule is CC(C)NC1CCC(C(=O)C(C)C)C1.CC(C)NC1CCCC1C(=O)C(C)C.II. The summed E-state index contributed by atoms with van der Waals surface area (Å²) in [6, 6.07) is 2.03. The van der Waals surface area contributed by atoms with Gasteiger partial charge in [-0.05, 0) is 32.1 Å². The Morgan fingerprint density at radius 2 is 1.27 bits per heavy atom.